The van der Waals surface area contributed by atoms with E-state index in [-0.39, 0.29) is 115 Å². The molecule has 254 valence electrons. The van der Waals surface area contributed by atoms with E-state index in [9.17, 15) is 28.8 Å². The van der Waals surface area contributed by atoms with E-state index in [1.807, 2.05) is 0 Å². The third-order valence-electron chi connectivity index (χ3n) is 6.04. The Labute approximate surface area is 259 Å². The van der Waals surface area contributed by atoms with Crippen LogP contribution >= 0.6 is 0 Å². The topological polar surface area (TPSA) is 220 Å². The predicted octanol–water partition coefficient (Wildman–Crippen LogP) is -1.49. The maximum atomic E-state index is 11.8. The summed E-state index contributed by atoms with van der Waals surface area (Å²) in [4.78, 5) is 69.2. The standard InChI is InChI=1S/C28H51N5O11/c1-4-24(35)33-23(28(39)40)8-9-25(36)31-11-13-41-15-18-44-20-27(38)32-12-14-42-16-17-43-19-26(37)30-10-6-5-7-22(29-3)21(2)34/h22-23,29H,4-20H2,1-3H3,(H,30,37)(H,31,36)(H,32,38)(H,33,35)(H,39,40). The number of rotatable bonds is 29. The Bertz CT molecular complexity index is 860. The smallest absolute Gasteiger partial charge is 0.326 e. The van der Waals surface area contributed by atoms with Gasteiger partial charge >= 0.3 is 5.97 Å². The second kappa shape index (κ2) is 27.4. The van der Waals surface area contributed by atoms with Crippen LogP contribution < -0.4 is 26.6 Å². The molecule has 44 heavy (non-hydrogen) atoms. The molecule has 0 aliphatic heterocycles. The first-order valence-corrected chi connectivity index (χ1v) is 14.9. The van der Waals surface area contributed by atoms with Crippen LogP contribution in [0.15, 0.2) is 0 Å². The van der Waals surface area contributed by atoms with Crippen molar-refractivity contribution in [3.63, 3.8) is 0 Å². The van der Waals surface area contributed by atoms with Crippen molar-refractivity contribution in [2.45, 2.75) is 64.5 Å². The van der Waals surface area contributed by atoms with Gasteiger partial charge in [-0.25, -0.2) is 4.79 Å². The number of Topliss-reactive ketones (excluding diaryl/α,β-unsaturated/α-hetero) is 1. The fourth-order valence-corrected chi connectivity index (χ4v) is 3.57. The highest BCUT2D eigenvalue weighted by molar-refractivity contribution is 5.84. The van der Waals surface area contributed by atoms with Crippen LogP contribution in [0.25, 0.3) is 0 Å². The van der Waals surface area contributed by atoms with Gasteiger partial charge in [0.25, 0.3) is 0 Å². The van der Waals surface area contributed by atoms with Crippen molar-refractivity contribution in [3.05, 3.63) is 0 Å². The molecule has 16 nitrogen and oxygen atoms in total. The summed E-state index contributed by atoms with van der Waals surface area (Å²) in [7, 11) is 1.75. The molecule has 16 heteroatoms. The highest BCUT2D eigenvalue weighted by Crippen LogP contribution is 2.01. The zero-order chi connectivity index (χ0) is 33.0. The first kappa shape index (κ1) is 40.8. The minimum atomic E-state index is -1.19. The molecule has 0 aliphatic carbocycles. The number of ether oxygens (including phenoxy) is 4. The van der Waals surface area contributed by atoms with E-state index in [2.05, 4.69) is 26.6 Å². The van der Waals surface area contributed by atoms with Crippen molar-refractivity contribution in [3.8, 4) is 0 Å². The molecule has 0 aliphatic rings. The lowest BCUT2D eigenvalue weighted by atomic mass is 10.1. The summed E-state index contributed by atoms with van der Waals surface area (Å²) in [6.45, 7) is 5.35. The Morgan fingerprint density at radius 1 is 0.636 bits per heavy atom. The predicted molar refractivity (Wildman–Crippen MR) is 159 cm³/mol. The van der Waals surface area contributed by atoms with Crippen LogP contribution in [0, 0.1) is 0 Å². The Balaban J connectivity index is 3.55. The van der Waals surface area contributed by atoms with E-state index in [1.165, 1.54) is 0 Å². The number of likely N-dealkylation sites (N-methyl/N-ethyl adjacent to an activating group) is 1. The molecule has 0 fully saturated rings. The number of ketones is 1. The van der Waals surface area contributed by atoms with Crippen LogP contribution in [-0.4, -0.2) is 132 Å². The number of hydrogen-bond acceptors (Lipinski definition) is 11. The maximum Gasteiger partial charge on any atom is 0.326 e. The van der Waals surface area contributed by atoms with Crippen molar-refractivity contribution in [2.75, 3.05) is 79.5 Å². The SMILES string of the molecule is CCC(=O)NC(CCC(=O)NCCOCCOCC(=O)NCCOCCOCC(=O)NCCCCC(NC)C(C)=O)C(=O)O. The van der Waals surface area contributed by atoms with Crippen molar-refractivity contribution in [1.82, 2.24) is 26.6 Å². The van der Waals surface area contributed by atoms with E-state index in [1.54, 1.807) is 20.9 Å². The fraction of sp³-hybridized carbons (Fsp3) is 0.786. The summed E-state index contributed by atoms with van der Waals surface area (Å²) in [5.74, 6) is -2.37. The van der Waals surface area contributed by atoms with Crippen molar-refractivity contribution in [2.24, 2.45) is 0 Å². The highest BCUT2D eigenvalue weighted by atomic mass is 16.5. The summed E-state index contributed by atoms with van der Waals surface area (Å²) in [6.07, 6.45) is 2.41. The molecule has 0 saturated carbocycles. The molecule has 2 unspecified atom stereocenters. The Morgan fingerprint density at radius 2 is 1.16 bits per heavy atom. The minimum absolute atomic E-state index is 0.0186. The van der Waals surface area contributed by atoms with Gasteiger partial charge in [0.2, 0.25) is 23.6 Å². The van der Waals surface area contributed by atoms with Crippen LogP contribution in [-0.2, 0) is 47.7 Å². The molecule has 0 saturated heterocycles. The molecular formula is C28H51N5O11. The van der Waals surface area contributed by atoms with Gasteiger partial charge in [-0.15, -0.1) is 0 Å². The van der Waals surface area contributed by atoms with E-state index >= 15 is 0 Å². The van der Waals surface area contributed by atoms with Crippen LogP contribution in [0.5, 0.6) is 0 Å². The number of amides is 4. The molecule has 0 aromatic rings. The minimum Gasteiger partial charge on any atom is -0.480 e. The van der Waals surface area contributed by atoms with Crippen LogP contribution in [0.2, 0.25) is 0 Å². The van der Waals surface area contributed by atoms with E-state index in [0.717, 1.165) is 19.3 Å². The number of nitrogens with one attached hydrogen (secondary N) is 5. The molecule has 0 bridgehead atoms. The number of unbranched alkanes of at least 4 members (excludes halogenated alkanes) is 1. The average Bonchev–Trinajstić information content (AvgIpc) is 2.99. The van der Waals surface area contributed by atoms with Crippen LogP contribution in [0.1, 0.15) is 52.4 Å². The second-order valence-electron chi connectivity index (χ2n) is 9.68. The van der Waals surface area contributed by atoms with Crippen molar-refractivity contribution < 1.29 is 52.8 Å². The number of carbonyl (C=O) groups excluding carboxylic acids is 5. The summed E-state index contributed by atoms with van der Waals surface area (Å²) >= 11 is 0. The summed E-state index contributed by atoms with van der Waals surface area (Å²) < 4.78 is 21.1. The van der Waals surface area contributed by atoms with E-state index in [4.69, 9.17) is 24.1 Å². The first-order valence-electron chi connectivity index (χ1n) is 14.9. The largest absolute Gasteiger partial charge is 0.480 e. The van der Waals surface area contributed by atoms with Gasteiger partial charge in [0, 0.05) is 32.5 Å². The van der Waals surface area contributed by atoms with Gasteiger partial charge in [-0.05, 0) is 39.7 Å². The molecule has 4 amide bonds. The quantitative estimate of drug-likeness (QED) is 0.0519. The fourth-order valence-electron chi connectivity index (χ4n) is 3.57. The number of carbonyl (C=O) groups is 6. The summed E-state index contributed by atoms with van der Waals surface area (Å²) in [5, 5.41) is 22.4. The molecular weight excluding hydrogens is 582 g/mol. The number of carboxylic acid groups (broad SMARTS) is 1. The van der Waals surface area contributed by atoms with E-state index in [0.29, 0.717) is 6.54 Å². The van der Waals surface area contributed by atoms with Gasteiger partial charge in [0.1, 0.15) is 25.0 Å². The maximum absolute atomic E-state index is 11.8. The molecule has 0 heterocycles. The molecule has 0 rings (SSSR count). The zero-order valence-corrected chi connectivity index (χ0v) is 26.2. The number of hydrogen-bond donors (Lipinski definition) is 6. The summed E-state index contributed by atoms with van der Waals surface area (Å²) in [6, 6.07) is -1.26. The van der Waals surface area contributed by atoms with Crippen LogP contribution in [0.4, 0.5) is 0 Å². The van der Waals surface area contributed by atoms with E-state index < -0.39 is 17.9 Å². The summed E-state index contributed by atoms with van der Waals surface area (Å²) in [5.41, 5.74) is 0. The Kier molecular flexibility index (Phi) is 25.4. The number of aliphatic carboxylic acids is 1. The Hall–Kier alpha value is -3.18. The molecule has 6 N–H and O–H groups in total. The van der Waals surface area contributed by atoms with Gasteiger partial charge in [-0.1, -0.05) is 6.92 Å². The average molecular weight is 634 g/mol. The number of carboxylic acids is 1. The molecule has 2 atom stereocenters. The third-order valence-corrected chi connectivity index (χ3v) is 6.04. The Morgan fingerprint density at radius 3 is 1.66 bits per heavy atom. The molecule has 0 radical (unpaired) electrons. The van der Waals surface area contributed by atoms with Crippen molar-refractivity contribution >= 4 is 35.4 Å². The van der Waals surface area contributed by atoms with Gasteiger partial charge < -0.3 is 50.6 Å². The van der Waals surface area contributed by atoms with Gasteiger partial charge in [0.05, 0.1) is 45.7 Å². The monoisotopic (exact) mass is 633 g/mol. The lowest BCUT2D eigenvalue weighted by Crippen LogP contribution is -2.41. The lowest BCUT2D eigenvalue weighted by molar-refractivity contribution is -0.142. The normalized spacial score (nSPS) is 12.2. The van der Waals surface area contributed by atoms with Gasteiger partial charge in [-0.2, -0.15) is 0 Å². The highest BCUT2D eigenvalue weighted by Gasteiger charge is 2.20. The molecule has 0 spiro atoms. The third kappa shape index (κ3) is 24.3. The zero-order valence-electron chi connectivity index (χ0n) is 26.2. The van der Waals surface area contributed by atoms with Crippen molar-refractivity contribution in [1.29, 1.82) is 0 Å². The lowest BCUT2D eigenvalue weighted by Gasteiger charge is -2.13. The second-order valence-corrected chi connectivity index (χ2v) is 9.68. The van der Waals surface area contributed by atoms with Gasteiger partial charge in [0.15, 0.2) is 0 Å². The molecule has 0 aromatic carbocycles. The molecule has 0 aromatic heterocycles. The van der Waals surface area contributed by atoms with Crippen LogP contribution in [0.3, 0.4) is 0 Å². The van der Waals surface area contributed by atoms with Gasteiger partial charge in [-0.3, -0.25) is 24.0 Å². The first-order chi connectivity index (χ1) is 21.1.